The number of pyridine rings is 1. The quantitative estimate of drug-likeness (QED) is 0.569. The van der Waals surface area contributed by atoms with Crippen molar-refractivity contribution in [2.45, 2.75) is 31.0 Å². The number of benzene rings is 1. The molecule has 0 saturated carbocycles. The molecule has 0 aliphatic rings. The van der Waals surface area contributed by atoms with Gasteiger partial charge < -0.3 is 9.88 Å². The van der Waals surface area contributed by atoms with E-state index in [1.54, 1.807) is 6.92 Å². The summed E-state index contributed by atoms with van der Waals surface area (Å²) in [7, 11) is 1.49. The summed E-state index contributed by atoms with van der Waals surface area (Å²) in [5.74, 6) is -0.722. The van der Waals surface area contributed by atoms with Crippen molar-refractivity contribution in [3.8, 4) is 0 Å². The summed E-state index contributed by atoms with van der Waals surface area (Å²) in [5.41, 5.74) is -0.134. The second-order valence-electron chi connectivity index (χ2n) is 5.45. The summed E-state index contributed by atoms with van der Waals surface area (Å²) >= 11 is 9.59. The van der Waals surface area contributed by atoms with Gasteiger partial charge in [0.15, 0.2) is 5.82 Å². The first-order valence-corrected chi connectivity index (χ1v) is 8.41. The lowest BCUT2D eigenvalue weighted by molar-refractivity contribution is -0.157. The molecule has 2 rings (SSSR count). The molecule has 3 nitrogen and oxygen atoms in total. The number of rotatable bonds is 3. The van der Waals surface area contributed by atoms with Gasteiger partial charge in [-0.25, -0.2) is 4.39 Å². The molecule has 26 heavy (non-hydrogen) atoms. The van der Waals surface area contributed by atoms with Crippen molar-refractivity contribution in [3.05, 3.63) is 62.8 Å². The Balaban J connectivity index is 0.000000273. The fourth-order valence-electron chi connectivity index (χ4n) is 2.05. The smallest absolute Gasteiger partial charge is 0.315 e. The van der Waals surface area contributed by atoms with Crippen LogP contribution in [-0.4, -0.2) is 17.3 Å². The zero-order valence-electron chi connectivity index (χ0n) is 14.4. The number of alkyl halides is 3. The monoisotopic (exact) mass is 410 g/mol. The Bertz CT molecular complexity index is 791. The normalized spacial score (nSPS) is 12.3. The molecule has 0 saturated heterocycles. The molecule has 1 heterocycles. The van der Waals surface area contributed by atoms with E-state index in [1.165, 1.54) is 49.0 Å². The van der Waals surface area contributed by atoms with Gasteiger partial charge >= 0.3 is 6.18 Å². The summed E-state index contributed by atoms with van der Waals surface area (Å²) in [4.78, 5) is 11.4. The number of aromatic nitrogens is 1. The van der Waals surface area contributed by atoms with Gasteiger partial charge in [0.1, 0.15) is 6.04 Å². The van der Waals surface area contributed by atoms with Gasteiger partial charge in [0.05, 0.1) is 0 Å². The van der Waals surface area contributed by atoms with Gasteiger partial charge in [0.2, 0.25) is 0 Å². The summed E-state index contributed by atoms with van der Waals surface area (Å²) in [6.07, 6.45) is -2.80. The minimum absolute atomic E-state index is 0.175. The Labute approximate surface area is 159 Å². The Morgan fingerprint density at radius 2 is 1.81 bits per heavy atom. The molecule has 0 bridgehead atoms. The van der Waals surface area contributed by atoms with Crippen LogP contribution in [0.1, 0.15) is 24.1 Å². The molecular formula is C17H19ClF4N2OS. The van der Waals surface area contributed by atoms with Gasteiger partial charge in [0, 0.05) is 28.7 Å². The highest BCUT2D eigenvalue weighted by atomic mass is 35.5. The predicted octanol–water partition coefficient (Wildman–Crippen LogP) is 4.67. The largest absolute Gasteiger partial charge is 0.407 e. The maximum atomic E-state index is 12.9. The van der Waals surface area contributed by atoms with Crippen molar-refractivity contribution in [1.82, 2.24) is 9.88 Å². The van der Waals surface area contributed by atoms with Gasteiger partial charge in [-0.3, -0.25) is 4.79 Å². The van der Waals surface area contributed by atoms with E-state index < -0.39 is 23.6 Å². The molecule has 1 aromatic heterocycles. The number of hydrogen-bond donors (Lipinski definition) is 2. The third-order valence-corrected chi connectivity index (χ3v) is 4.18. The molecule has 1 aromatic carbocycles. The van der Waals surface area contributed by atoms with Gasteiger partial charge in [-0.05, 0) is 31.2 Å². The van der Waals surface area contributed by atoms with Crippen molar-refractivity contribution in [2.24, 2.45) is 7.05 Å². The topological polar surface area (TPSA) is 34.0 Å². The van der Waals surface area contributed by atoms with Crippen LogP contribution in [0.3, 0.4) is 0 Å². The Morgan fingerprint density at radius 3 is 2.27 bits per heavy atom. The Morgan fingerprint density at radius 1 is 1.27 bits per heavy atom. The van der Waals surface area contributed by atoms with Crippen LogP contribution in [0.2, 0.25) is 5.02 Å². The molecule has 0 radical (unpaired) electrons. The van der Waals surface area contributed by atoms with Crippen LogP contribution in [-0.2, 0) is 7.05 Å². The number of thiol groups is 1. The van der Waals surface area contributed by atoms with E-state index in [4.69, 9.17) is 11.6 Å². The van der Waals surface area contributed by atoms with Gasteiger partial charge in [-0.2, -0.15) is 13.2 Å². The van der Waals surface area contributed by atoms with Crippen molar-refractivity contribution in [2.75, 3.05) is 6.54 Å². The Hall–Kier alpha value is -1.51. The van der Waals surface area contributed by atoms with Crippen LogP contribution < -0.4 is 10.9 Å². The van der Waals surface area contributed by atoms with E-state index in [1.807, 2.05) is 0 Å². The average Bonchev–Trinajstić information content (AvgIpc) is 2.57. The van der Waals surface area contributed by atoms with E-state index in [9.17, 15) is 22.4 Å². The summed E-state index contributed by atoms with van der Waals surface area (Å²) < 4.78 is 51.8. The van der Waals surface area contributed by atoms with Crippen molar-refractivity contribution in [1.29, 1.82) is 0 Å². The molecule has 1 atom stereocenters. The van der Waals surface area contributed by atoms with Gasteiger partial charge in [0.25, 0.3) is 5.56 Å². The van der Waals surface area contributed by atoms with E-state index >= 15 is 0 Å². The molecule has 1 N–H and O–H groups in total. The fourth-order valence-corrected chi connectivity index (χ4v) is 2.45. The third kappa shape index (κ3) is 6.03. The third-order valence-electron chi connectivity index (χ3n) is 3.48. The zero-order chi connectivity index (χ0) is 20.1. The summed E-state index contributed by atoms with van der Waals surface area (Å²) in [5, 5.41) is 2.82. The molecule has 0 aliphatic carbocycles. The molecule has 9 heteroatoms. The maximum absolute atomic E-state index is 12.9. The molecule has 0 aliphatic heterocycles. The fraction of sp³-hybridized carbons (Fsp3) is 0.353. The van der Waals surface area contributed by atoms with Gasteiger partial charge in [-0.1, -0.05) is 30.7 Å². The van der Waals surface area contributed by atoms with Crippen molar-refractivity contribution >= 4 is 24.2 Å². The Kier molecular flexibility index (Phi) is 8.17. The molecule has 0 amide bonds. The minimum atomic E-state index is -4.29. The average molecular weight is 411 g/mol. The second kappa shape index (κ2) is 9.43. The van der Waals surface area contributed by atoms with E-state index in [0.29, 0.717) is 15.5 Å². The number of halogens is 5. The summed E-state index contributed by atoms with van der Waals surface area (Å²) in [6.45, 7) is 3.42. The highest BCUT2D eigenvalue weighted by Crippen LogP contribution is 2.32. The number of nitrogens with zero attached hydrogens (tertiary/aromatic N) is 1. The zero-order valence-corrected chi connectivity index (χ0v) is 16.0. The van der Waals surface area contributed by atoms with Crippen LogP contribution in [0, 0.1) is 12.7 Å². The maximum Gasteiger partial charge on any atom is 0.407 e. The van der Waals surface area contributed by atoms with E-state index in [2.05, 4.69) is 17.9 Å². The van der Waals surface area contributed by atoms with Crippen molar-refractivity contribution in [3.63, 3.8) is 0 Å². The van der Waals surface area contributed by atoms with E-state index in [0.717, 1.165) is 0 Å². The molecule has 0 fully saturated rings. The van der Waals surface area contributed by atoms with Crippen LogP contribution in [0.15, 0.2) is 40.2 Å². The lowest BCUT2D eigenvalue weighted by Gasteiger charge is -2.21. The first kappa shape index (κ1) is 22.5. The minimum Gasteiger partial charge on any atom is -0.315 e. The standard InChI is InChI=1S/C10H11ClF3N.C7H8FNOS/c1-2-15-9(10(12,13)14)7-3-5-8(11)6-4-7;1-4-5(11)3-9(2)7(10)6(4)8/h3-6,9,15H,2H2,1H3;3,11H,1-2H3/t9-;/m1./s1. The molecular weight excluding hydrogens is 392 g/mol. The van der Waals surface area contributed by atoms with Crippen LogP contribution in [0.4, 0.5) is 17.6 Å². The lowest BCUT2D eigenvalue weighted by Crippen LogP contribution is -2.33. The number of aryl methyl sites for hydroxylation is 1. The van der Waals surface area contributed by atoms with Crippen LogP contribution in [0.25, 0.3) is 0 Å². The van der Waals surface area contributed by atoms with Crippen molar-refractivity contribution < 1.29 is 17.6 Å². The SMILES string of the molecule is CCN[C@H](c1ccc(Cl)cc1)C(F)(F)F.Cc1c(S)cn(C)c(=O)c1F. The van der Waals surface area contributed by atoms with E-state index in [-0.39, 0.29) is 12.1 Å². The van der Waals surface area contributed by atoms with Crippen LogP contribution >= 0.6 is 24.2 Å². The first-order chi connectivity index (χ1) is 12.0. The number of hydrogen-bond acceptors (Lipinski definition) is 3. The lowest BCUT2D eigenvalue weighted by atomic mass is 10.1. The number of nitrogens with one attached hydrogen (secondary N) is 1. The molecule has 0 unspecified atom stereocenters. The highest BCUT2D eigenvalue weighted by molar-refractivity contribution is 7.80. The highest BCUT2D eigenvalue weighted by Gasteiger charge is 2.39. The van der Waals surface area contributed by atoms with Gasteiger partial charge in [-0.15, -0.1) is 12.6 Å². The molecule has 2 aromatic rings. The predicted molar refractivity (Wildman–Crippen MR) is 97.6 cm³/mol. The second-order valence-corrected chi connectivity index (χ2v) is 6.37. The molecule has 144 valence electrons. The first-order valence-electron chi connectivity index (χ1n) is 7.59. The summed E-state index contributed by atoms with van der Waals surface area (Å²) in [6, 6.07) is 4.03. The van der Waals surface area contributed by atoms with Crippen LogP contribution in [0.5, 0.6) is 0 Å². The molecule has 0 spiro atoms.